The molecule has 0 saturated carbocycles. The quantitative estimate of drug-likeness (QED) is 0.811. The summed E-state index contributed by atoms with van der Waals surface area (Å²) >= 11 is 0. The van der Waals surface area contributed by atoms with Crippen molar-refractivity contribution in [3.8, 4) is 0 Å². The molecule has 1 unspecified atom stereocenters. The molecule has 25 heavy (non-hydrogen) atoms. The maximum Gasteiger partial charge on any atom is 0.220 e. The number of benzene rings is 1. The summed E-state index contributed by atoms with van der Waals surface area (Å²) in [6.45, 7) is 4.75. The predicted molar refractivity (Wildman–Crippen MR) is 99.7 cm³/mol. The summed E-state index contributed by atoms with van der Waals surface area (Å²) in [6, 6.07) is 8.71. The van der Waals surface area contributed by atoms with Gasteiger partial charge in [-0.05, 0) is 43.7 Å². The number of aromatic nitrogens is 1. The number of rotatable bonds is 6. The Morgan fingerprint density at radius 2 is 2.24 bits per heavy atom. The number of carbonyl (C=O) groups is 1. The minimum atomic E-state index is -0.271. The molecule has 2 aliphatic rings. The van der Waals surface area contributed by atoms with Gasteiger partial charge in [-0.15, -0.1) is 0 Å². The molecular weight excluding hydrogens is 312 g/mol. The number of hydrogen-bond donors (Lipinski definition) is 1. The van der Waals surface area contributed by atoms with Crippen LogP contribution in [0, 0.1) is 0 Å². The van der Waals surface area contributed by atoms with Crippen LogP contribution in [0.4, 0.5) is 0 Å². The zero-order valence-electron chi connectivity index (χ0n) is 15.1. The molecule has 1 N–H and O–H groups in total. The van der Waals surface area contributed by atoms with E-state index >= 15 is 0 Å². The maximum atomic E-state index is 12.2. The normalized spacial score (nSPS) is 22.0. The van der Waals surface area contributed by atoms with Gasteiger partial charge in [0.2, 0.25) is 5.91 Å². The van der Waals surface area contributed by atoms with Crippen LogP contribution in [0.3, 0.4) is 0 Å². The summed E-state index contributed by atoms with van der Waals surface area (Å²) in [5.41, 5.74) is 3.86. The highest BCUT2D eigenvalue weighted by Gasteiger charge is 2.43. The number of nitrogens with zero attached hydrogens (tertiary/aromatic N) is 1. The number of amides is 1. The number of carbonyl (C=O) groups excluding carboxylic acids is 1. The first kappa shape index (κ1) is 16.6. The zero-order valence-corrected chi connectivity index (χ0v) is 15.1. The Kier molecular flexibility index (Phi) is 4.55. The molecule has 2 aromatic rings. The minimum Gasteiger partial charge on any atom is -0.368 e. The Labute approximate surface area is 149 Å². The highest BCUT2D eigenvalue weighted by Crippen LogP contribution is 2.47. The SMILES string of the molecule is CCCCNC(=O)CCC12CCCn3c1c(c1ccccc13)CCO2. The minimum absolute atomic E-state index is 0.159. The van der Waals surface area contributed by atoms with Gasteiger partial charge in [-0.1, -0.05) is 31.5 Å². The van der Waals surface area contributed by atoms with E-state index < -0.39 is 0 Å². The van der Waals surface area contributed by atoms with Crippen molar-refractivity contribution in [2.45, 2.75) is 64.0 Å². The Bertz CT molecular complexity index is 731. The second-order valence-corrected chi connectivity index (χ2v) is 7.40. The Morgan fingerprint density at radius 3 is 3.12 bits per heavy atom. The maximum absolute atomic E-state index is 12.2. The number of aryl methyl sites for hydroxylation is 1. The Morgan fingerprint density at radius 1 is 1.36 bits per heavy atom. The average Bonchev–Trinajstić information content (AvgIpc) is 2.97. The van der Waals surface area contributed by atoms with E-state index in [9.17, 15) is 4.79 Å². The smallest absolute Gasteiger partial charge is 0.220 e. The molecule has 0 bridgehead atoms. The monoisotopic (exact) mass is 340 g/mol. The third-order valence-corrected chi connectivity index (χ3v) is 5.81. The number of hydrogen-bond acceptors (Lipinski definition) is 2. The Balaban J connectivity index is 1.62. The van der Waals surface area contributed by atoms with Gasteiger partial charge in [0.1, 0.15) is 5.60 Å². The van der Waals surface area contributed by atoms with Crippen molar-refractivity contribution >= 4 is 16.8 Å². The van der Waals surface area contributed by atoms with Gasteiger partial charge in [0.15, 0.2) is 0 Å². The number of fused-ring (bicyclic) bond motifs is 3. The van der Waals surface area contributed by atoms with Crippen LogP contribution in [0.5, 0.6) is 0 Å². The molecule has 1 aromatic heterocycles. The van der Waals surface area contributed by atoms with E-state index in [1.807, 2.05) is 0 Å². The molecular formula is C21H28N2O2. The lowest BCUT2D eigenvalue weighted by Crippen LogP contribution is -2.41. The largest absolute Gasteiger partial charge is 0.368 e. The topological polar surface area (TPSA) is 43.3 Å². The Hall–Kier alpha value is -1.81. The third kappa shape index (κ3) is 2.86. The zero-order chi connectivity index (χ0) is 17.3. The average molecular weight is 340 g/mol. The van der Waals surface area contributed by atoms with E-state index in [1.54, 1.807) is 0 Å². The molecule has 4 nitrogen and oxygen atoms in total. The second kappa shape index (κ2) is 6.83. The van der Waals surface area contributed by atoms with Crippen LogP contribution in [0.25, 0.3) is 10.9 Å². The number of ether oxygens (including phenoxy) is 1. The second-order valence-electron chi connectivity index (χ2n) is 7.40. The summed E-state index contributed by atoms with van der Waals surface area (Å²) in [7, 11) is 0. The van der Waals surface area contributed by atoms with Crippen LogP contribution >= 0.6 is 0 Å². The molecule has 4 rings (SSSR count). The van der Waals surface area contributed by atoms with E-state index in [-0.39, 0.29) is 11.5 Å². The lowest BCUT2D eigenvalue weighted by Gasteiger charge is -2.42. The molecule has 134 valence electrons. The van der Waals surface area contributed by atoms with E-state index in [1.165, 1.54) is 22.2 Å². The van der Waals surface area contributed by atoms with E-state index in [0.717, 1.165) is 58.2 Å². The highest BCUT2D eigenvalue weighted by molar-refractivity contribution is 5.86. The van der Waals surface area contributed by atoms with Gasteiger partial charge in [0.25, 0.3) is 0 Å². The van der Waals surface area contributed by atoms with Gasteiger partial charge < -0.3 is 14.6 Å². The fourth-order valence-electron chi connectivity index (χ4n) is 4.64. The van der Waals surface area contributed by atoms with Crippen LogP contribution in [0.15, 0.2) is 24.3 Å². The van der Waals surface area contributed by atoms with Crippen molar-refractivity contribution in [3.63, 3.8) is 0 Å². The molecule has 3 heterocycles. The number of para-hydroxylation sites is 1. The van der Waals surface area contributed by atoms with Gasteiger partial charge in [0.05, 0.1) is 12.3 Å². The van der Waals surface area contributed by atoms with Crippen molar-refractivity contribution in [1.82, 2.24) is 9.88 Å². The van der Waals surface area contributed by atoms with Crippen LogP contribution < -0.4 is 5.32 Å². The highest BCUT2D eigenvalue weighted by atomic mass is 16.5. The van der Waals surface area contributed by atoms with Crippen molar-refractivity contribution in [2.24, 2.45) is 0 Å². The molecule has 4 heteroatoms. The first-order valence-electron chi connectivity index (χ1n) is 9.76. The molecule has 1 aromatic carbocycles. The van der Waals surface area contributed by atoms with E-state index in [0.29, 0.717) is 6.42 Å². The van der Waals surface area contributed by atoms with E-state index in [2.05, 4.69) is 41.1 Å². The molecule has 0 spiro atoms. The van der Waals surface area contributed by atoms with Gasteiger partial charge in [-0.25, -0.2) is 0 Å². The molecule has 0 saturated heterocycles. The van der Waals surface area contributed by atoms with Crippen molar-refractivity contribution in [3.05, 3.63) is 35.5 Å². The fraction of sp³-hybridized carbons (Fsp3) is 0.571. The van der Waals surface area contributed by atoms with Crippen LogP contribution in [0.2, 0.25) is 0 Å². The standard InChI is InChI=1S/C21H28N2O2/c1-2-3-13-22-19(24)9-12-21-11-6-14-23-18-8-5-4-7-16(18)17(20(21)23)10-15-25-21/h4-5,7-8H,2-3,6,9-15H2,1H3,(H,22,24). The van der Waals surface area contributed by atoms with Crippen molar-refractivity contribution in [1.29, 1.82) is 0 Å². The summed E-state index contributed by atoms with van der Waals surface area (Å²) < 4.78 is 8.84. The van der Waals surface area contributed by atoms with Gasteiger partial charge in [-0.2, -0.15) is 0 Å². The summed E-state index contributed by atoms with van der Waals surface area (Å²) in [4.78, 5) is 12.2. The molecule has 1 amide bonds. The molecule has 2 aliphatic heterocycles. The van der Waals surface area contributed by atoms with Crippen molar-refractivity contribution in [2.75, 3.05) is 13.2 Å². The van der Waals surface area contributed by atoms with Gasteiger partial charge >= 0.3 is 0 Å². The molecule has 0 aliphatic carbocycles. The number of nitrogens with one attached hydrogen (secondary N) is 1. The summed E-state index contributed by atoms with van der Waals surface area (Å²) in [5.74, 6) is 0.159. The summed E-state index contributed by atoms with van der Waals surface area (Å²) in [5, 5.41) is 4.42. The lowest BCUT2D eigenvalue weighted by molar-refractivity contribution is -0.126. The predicted octanol–water partition coefficient (Wildman–Crippen LogP) is 3.90. The molecule has 1 atom stereocenters. The molecule has 0 fully saturated rings. The van der Waals surface area contributed by atoms with Crippen molar-refractivity contribution < 1.29 is 9.53 Å². The third-order valence-electron chi connectivity index (χ3n) is 5.81. The first-order chi connectivity index (χ1) is 12.2. The lowest BCUT2D eigenvalue weighted by atomic mass is 9.81. The first-order valence-corrected chi connectivity index (χ1v) is 9.76. The van der Waals surface area contributed by atoms with Crippen LogP contribution in [-0.4, -0.2) is 23.6 Å². The van der Waals surface area contributed by atoms with Gasteiger partial charge in [0, 0.05) is 30.4 Å². The van der Waals surface area contributed by atoms with E-state index in [4.69, 9.17) is 4.74 Å². The number of unbranched alkanes of at least 4 members (excludes halogenated alkanes) is 1. The van der Waals surface area contributed by atoms with Crippen LogP contribution in [-0.2, 0) is 28.1 Å². The van der Waals surface area contributed by atoms with Crippen LogP contribution in [0.1, 0.15) is 56.7 Å². The summed E-state index contributed by atoms with van der Waals surface area (Å²) in [6.07, 6.45) is 6.61. The van der Waals surface area contributed by atoms with Gasteiger partial charge in [-0.3, -0.25) is 4.79 Å². The molecule has 0 radical (unpaired) electrons. The fourth-order valence-corrected chi connectivity index (χ4v) is 4.64.